The van der Waals surface area contributed by atoms with Crippen LogP contribution in [0.25, 0.3) is 11.0 Å². The summed E-state index contributed by atoms with van der Waals surface area (Å²) in [5.41, 5.74) is 3.58. The van der Waals surface area contributed by atoms with Crippen molar-refractivity contribution in [2.75, 3.05) is 44.2 Å². The third-order valence-corrected chi connectivity index (χ3v) is 6.64. The highest BCUT2D eigenvalue weighted by molar-refractivity contribution is 6.30. The van der Waals surface area contributed by atoms with E-state index in [1.165, 1.54) is 0 Å². The molecule has 0 radical (unpaired) electrons. The van der Waals surface area contributed by atoms with E-state index in [-0.39, 0.29) is 5.91 Å². The van der Waals surface area contributed by atoms with Crippen LogP contribution in [0.4, 0.5) is 5.82 Å². The van der Waals surface area contributed by atoms with Gasteiger partial charge in [-0.25, -0.2) is 9.97 Å². The summed E-state index contributed by atoms with van der Waals surface area (Å²) in [6.45, 7) is 7.31. The quantitative estimate of drug-likeness (QED) is 0.628. The molecule has 1 unspecified atom stereocenters. The van der Waals surface area contributed by atoms with E-state index < -0.39 is 0 Å². The Labute approximate surface area is 187 Å². The van der Waals surface area contributed by atoms with E-state index in [0.717, 1.165) is 68.2 Å². The summed E-state index contributed by atoms with van der Waals surface area (Å²) in [5, 5.41) is 0.651. The molecule has 0 saturated carbocycles. The van der Waals surface area contributed by atoms with Gasteiger partial charge in [-0.1, -0.05) is 23.7 Å². The van der Waals surface area contributed by atoms with E-state index in [1.54, 1.807) is 24.3 Å². The monoisotopic (exact) mass is 435 g/mol. The minimum atomic E-state index is 0.0893. The van der Waals surface area contributed by atoms with Gasteiger partial charge in [-0.3, -0.25) is 9.69 Å². The second kappa shape index (κ2) is 8.44. The first-order chi connectivity index (χ1) is 15.1. The van der Waals surface area contributed by atoms with Crippen LogP contribution < -0.4 is 4.90 Å². The molecule has 5 rings (SSSR count). The highest BCUT2D eigenvalue weighted by atomic mass is 35.5. The number of hydrogen-bond donors (Lipinski definition) is 0. The Morgan fingerprint density at radius 1 is 0.935 bits per heavy atom. The smallest absolute Gasteiger partial charge is 0.253 e. The van der Waals surface area contributed by atoms with Crippen LogP contribution in [0.3, 0.4) is 0 Å². The molecule has 160 valence electrons. The lowest BCUT2D eigenvalue weighted by molar-refractivity contribution is 0.0585. The number of anilines is 1. The molecule has 6 nitrogen and oxygen atoms in total. The van der Waals surface area contributed by atoms with Gasteiger partial charge in [0.25, 0.3) is 5.91 Å². The summed E-state index contributed by atoms with van der Waals surface area (Å²) in [5.74, 6) is 1.09. The number of carbonyl (C=O) groups excluding carboxylic acids is 1. The Balaban J connectivity index is 1.21. The zero-order valence-corrected chi connectivity index (χ0v) is 18.4. The summed E-state index contributed by atoms with van der Waals surface area (Å²) in [7, 11) is 0. The molecule has 2 aliphatic heterocycles. The number of benzene rings is 2. The van der Waals surface area contributed by atoms with Crippen molar-refractivity contribution in [1.29, 1.82) is 0 Å². The number of rotatable bonds is 3. The number of piperazine rings is 1. The van der Waals surface area contributed by atoms with Crippen LogP contribution in [0.15, 0.2) is 48.5 Å². The van der Waals surface area contributed by atoms with Gasteiger partial charge in [0.05, 0.1) is 16.7 Å². The van der Waals surface area contributed by atoms with E-state index in [1.807, 2.05) is 36.1 Å². The van der Waals surface area contributed by atoms with Crippen LogP contribution in [-0.4, -0.2) is 71.0 Å². The zero-order chi connectivity index (χ0) is 21.4. The first-order valence-corrected chi connectivity index (χ1v) is 11.2. The Morgan fingerprint density at radius 2 is 1.61 bits per heavy atom. The van der Waals surface area contributed by atoms with Gasteiger partial charge in [0.2, 0.25) is 0 Å². The van der Waals surface area contributed by atoms with Gasteiger partial charge in [0.1, 0.15) is 0 Å². The van der Waals surface area contributed by atoms with E-state index in [9.17, 15) is 4.79 Å². The van der Waals surface area contributed by atoms with Crippen molar-refractivity contribution >= 4 is 34.4 Å². The maximum Gasteiger partial charge on any atom is 0.253 e. The fourth-order valence-electron chi connectivity index (χ4n) is 4.68. The lowest BCUT2D eigenvalue weighted by Gasteiger charge is -2.38. The van der Waals surface area contributed by atoms with E-state index in [0.29, 0.717) is 16.6 Å². The lowest BCUT2D eigenvalue weighted by atomic mass is 10.1. The van der Waals surface area contributed by atoms with Crippen LogP contribution in [0, 0.1) is 6.92 Å². The van der Waals surface area contributed by atoms with E-state index in [4.69, 9.17) is 21.6 Å². The number of hydrogen-bond acceptors (Lipinski definition) is 5. The molecule has 0 N–H and O–H groups in total. The van der Waals surface area contributed by atoms with E-state index >= 15 is 0 Å². The molecule has 2 saturated heterocycles. The normalized spacial score (nSPS) is 19.9. The maximum absolute atomic E-state index is 12.8. The topological polar surface area (TPSA) is 52.6 Å². The predicted octanol–water partition coefficient (Wildman–Crippen LogP) is 3.63. The van der Waals surface area contributed by atoms with Gasteiger partial charge >= 0.3 is 0 Å². The molecular weight excluding hydrogens is 410 g/mol. The first kappa shape index (κ1) is 20.2. The molecule has 3 aromatic rings. The standard InChI is InChI=1S/C24H26ClN5O/c1-17-23(27-22-5-3-2-4-21(22)26-17)30-11-10-20(16-30)28-12-14-29(15-13-28)24(31)18-6-8-19(25)9-7-18/h2-9,20H,10-16H2,1H3. The lowest BCUT2D eigenvalue weighted by Crippen LogP contribution is -2.52. The van der Waals surface area contributed by atoms with Gasteiger partial charge in [-0.05, 0) is 49.7 Å². The molecule has 0 aliphatic carbocycles. The number of halogens is 1. The maximum atomic E-state index is 12.8. The van der Waals surface area contributed by atoms with Crippen molar-refractivity contribution in [2.24, 2.45) is 0 Å². The molecule has 2 fully saturated rings. The Kier molecular flexibility index (Phi) is 5.50. The Bertz CT molecular complexity index is 1090. The number of aryl methyl sites for hydroxylation is 1. The van der Waals surface area contributed by atoms with E-state index in [2.05, 4.69) is 9.80 Å². The average Bonchev–Trinajstić information content (AvgIpc) is 3.29. The SMILES string of the molecule is Cc1nc2ccccc2nc1N1CCC(N2CCN(C(=O)c3ccc(Cl)cc3)CC2)C1. The average molecular weight is 436 g/mol. The van der Waals surface area contributed by atoms with Gasteiger partial charge in [0.15, 0.2) is 5.82 Å². The third-order valence-electron chi connectivity index (χ3n) is 6.39. The van der Waals surface area contributed by atoms with Crippen LogP contribution in [0.5, 0.6) is 0 Å². The van der Waals surface area contributed by atoms with Gasteiger partial charge in [-0.15, -0.1) is 0 Å². The number of fused-ring (bicyclic) bond motifs is 1. The summed E-state index contributed by atoms with van der Waals surface area (Å²) >= 11 is 5.94. The highest BCUT2D eigenvalue weighted by Gasteiger charge is 2.32. The summed E-state index contributed by atoms with van der Waals surface area (Å²) in [6.07, 6.45) is 1.11. The first-order valence-electron chi connectivity index (χ1n) is 10.9. The third kappa shape index (κ3) is 4.10. The molecular formula is C24H26ClN5O. The van der Waals surface area contributed by atoms with Crippen LogP contribution >= 0.6 is 11.6 Å². The Hall–Kier alpha value is -2.70. The molecule has 0 bridgehead atoms. The molecule has 2 aliphatic rings. The summed E-state index contributed by atoms with van der Waals surface area (Å²) in [6, 6.07) is 15.7. The fourth-order valence-corrected chi connectivity index (χ4v) is 4.80. The fraction of sp³-hybridized carbons (Fsp3) is 0.375. The van der Waals surface area contributed by atoms with Crippen molar-refractivity contribution < 1.29 is 4.79 Å². The number of amides is 1. The van der Waals surface area contributed by atoms with Crippen molar-refractivity contribution in [1.82, 2.24) is 19.8 Å². The molecule has 2 aromatic carbocycles. The van der Waals surface area contributed by atoms with Crippen molar-refractivity contribution in [3.05, 3.63) is 64.8 Å². The molecule has 1 atom stereocenters. The number of aromatic nitrogens is 2. The van der Waals surface area contributed by atoms with Crippen LogP contribution in [-0.2, 0) is 0 Å². The summed E-state index contributed by atoms with van der Waals surface area (Å²) < 4.78 is 0. The van der Waals surface area contributed by atoms with Gasteiger partial charge in [-0.2, -0.15) is 0 Å². The minimum Gasteiger partial charge on any atom is -0.353 e. The zero-order valence-electron chi connectivity index (χ0n) is 17.7. The highest BCUT2D eigenvalue weighted by Crippen LogP contribution is 2.26. The molecule has 1 aromatic heterocycles. The predicted molar refractivity (Wildman–Crippen MR) is 124 cm³/mol. The van der Waals surface area contributed by atoms with Gasteiger partial charge in [0, 0.05) is 55.9 Å². The molecule has 3 heterocycles. The van der Waals surface area contributed by atoms with Crippen LogP contribution in [0.2, 0.25) is 5.02 Å². The Morgan fingerprint density at radius 3 is 2.32 bits per heavy atom. The summed E-state index contributed by atoms with van der Waals surface area (Å²) in [4.78, 5) is 29.2. The van der Waals surface area contributed by atoms with Crippen molar-refractivity contribution in [3.63, 3.8) is 0 Å². The number of carbonyl (C=O) groups is 1. The molecule has 1 amide bonds. The second-order valence-corrected chi connectivity index (χ2v) is 8.78. The minimum absolute atomic E-state index is 0.0893. The van der Waals surface area contributed by atoms with Gasteiger partial charge < -0.3 is 9.80 Å². The number of para-hydroxylation sites is 2. The van der Waals surface area contributed by atoms with Crippen LogP contribution in [0.1, 0.15) is 22.5 Å². The molecule has 7 heteroatoms. The molecule has 31 heavy (non-hydrogen) atoms. The van der Waals surface area contributed by atoms with Crippen molar-refractivity contribution in [2.45, 2.75) is 19.4 Å². The largest absolute Gasteiger partial charge is 0.353 e. The second-order valence-electron chi connectivity index (χ2n) is 8.34. The number of nitrogens with zero attached hydrogens (tertiary/aromatic N) is 5. The van der Waals surface area contributed by atoms with Crippen molar-refractivity contribution in [3.8, 4) is 0 Å². The molecule has 0 spiro atoms.